The molecule has 6 heteroatoms. The highest BCUT2D eigenvalue weighted by atomic mass is 79.9. The Morgan fingerprint density at radius 3 is 2.83 bits per heavy atom. The molecule has 2 N–H and O–H groups in total. The molecule has 0 amide bonds. The van der Waals surface area contributed by atoms with E-state index in [0.29, 0.717) is 5.88 Å². The van der Waals surface area contributed by atoms with Gasteiger partial charge in [-0.1, -0.05) is 11.2 Å². The third-order valence-corrected chi connectivity index (χ3v) is 5.61. The van der Waals surface area contributed by atoms with E-state index in [1.807, 2.05) is 17.5 Å². The lowest BCUT2D eigenvalue weighted by molar-refractivity contribution is 0.439. The number of nitrogens with zero attached hydrogens (tertiary/aromatic N) is 1. The van der Waals surface area contributed by atoms with Crippen LogP contribution in [0.1, 0.15) is 5.56 Å². The molecule has 0 aromatic carbocycles. The molecule has 92 valence electrons. The smallest absolute Gasteiger partial charge is 0.231 e. The molecule has 3 rings (SSSR count). The highest BCUT2D eigenvalue weighted by Crippen LogP contribution is 2.42. The van der Waals surface area contributed by atoms with Crippen molar-refractivity contribution in [3.8, 4) is 21.0 Å². The first-order valence-corrected chi connectivity index (χ1v) is 7.71. The van der Waals surface area contributed by atoms with Gasteiger partial charge in [0.25, 0.3) is 0 Å². The van der Waals surface area contributed by atoms with Crippen molar-refractivity contribution in [3.05, 3.63) is 32.9 Å². The van der Waals surface area contributed by atoms with Gasteiger partial charge in [0.1, 0.15) is 5.69 Å². The van der Waals surface area contributed by atoms with Crippen molar-refractivity contribution < 1.29 is 4.52 Å². The van der Waals surface area contributed by atoms with Gasteiger partial charge in [-0.25, -0.2) is 0 Å². The molecule has 0 saturated carbocycles. The molecule has 0 spiro atoms. The zero-order valence-corrected chi connectivity index (χ0v) is 12.7. The molecule has 18 heavy (non-hydrogen) atoms. The van der Waals surface area contributed by atoms with Crippen molar-refractivity contribution in [1.29, 1.82) is 0 Å². The van der Waals surface area contributed by atoms with Gasteiger partial charge in [-0.15, -0.1) is 22.7 Å². The van der Waals surface area contributed by atoms with Crippen LogP contribution in [0.15, 0.2) is 31.9 Å². The Hall–Kier alpha value is -1.11. The molecular weight excluding hydrogens is 332 g/mol. The maximum Gasteiger partial charge on any atom is 0.231 e. The predicted octanol–water partition coefficient (Wildman–Crippen LogP) is 4.78. The second kappa shape index (κ2) is 4.53. The minimum Gasteiger partial charge on any atom is -0.367 e. The summed E-state index contributed by atoms with van der Waals surface area (Å²) in [5.74, 6) is 0.370. The highest BCUT2D eigenvalue weighted by molar-refractivity contribution is 9.11. The fraction of sp³-hybridized carbons (Fsp3) is 0.0833. The van der Waals surface area contributed by atoms with E-state index in [1.165, 1.54) is 5.56 Å². The summed E-state index contributed by atoms with van der Waals surface area (Å²) in [5, 5.41) is 6.11. The molecule has 0 aliphatic carbocycles. The van der Waals surface area contributed by atoms with Crippen LogP contribution in [0.5, 0.6) is 0 Å². The first-order chi connectivity index (χ1) is 8.66. The van der Waals surface area contributed by atoms with Gasteiger partial charge >= 0.3 is 0 Å². The standard InChI is InChI=1S/C12H9BrN2OS2/c1-6-5-8(18-11(6)13)10-9(12(14)16-15-10)7-3-2-4-17-7/h2-5H,14H2,1H3. The van der Waals surface area contributed by atoms with E-state index in [9.17, 15) is 0 Å². The van der Waals surface area contributed by atoms with Crippen LogP contribution >= 0.6 is 38.6 Å². The van der Waals surface area contributed by atoms with Crippen molar-refractivity contribution in [2.45, 2.75) is 6.92 Å². The van der Waals surface area contributed by atoms with Gasteiger partial charge in [0.15, 0.2) is 0 Å². The van der Waals surface area contributed by atoms with E-state index in [2.05, 4.69) is 34.1 Å². The Kier molecular flexibility index (Phi) is 3.01. The van der Waals surface area contributed by atoms with Crippen LogP contribution in [-0.2, 0) is 0 Å². The van der Waals surface area contributed by atoms with Crippen LogP contribution in [0.4, 0.5) is 5.88 Å². The summed E-state index contributed by atoms with van der Waals surface area (Å²) in [4.78, 5) is 2.13. The highest BCUT2D eigenvalue weighted by Gasteiger charge is 2.20. The Morgan fingerprint density at radius 2 is 2.22 bits per heavy atom. The van der Waals surface area contributed by atoms with Crippen molar-refractivity contribution in [3.63, 3.8) is 0 Å². The third kappa shape index (κ3) is 1.90. The van der Waals surface area contributed by atoms with Gasteiger partial charge in [0, 0.05) is 4.88 Å². The average molecular weight is 341 g/mol. The van der Waals surface area contributed by atoms with Crippen LogP contribution in [0.2, 0.25) is 0 Å². The van der Waals surface area contributed by atoms with Crippen LogP contribution in [0.25, 0.3) is 21.0 Å². The Morgan fingerprint density at radius 1 is 1.39 bits per heavy atom. The second-order valence-electron chi connectivity index (χ2n) is 3.82. The summed E-state index contributed by atoms with van der Waals surface area (Å²) in [6.45, 7) is 2.05. The van der Waals surface area contributed by atoms with Gasteiger partial charge in [0.05, 0.1) is 14.2 Å². The monoisotopic (exact) mass is 340 g/mol. The molecule has 0 radical (unpaired) electrons. The first-order valence-electron chi connectivity index (χ1n) is 5.22. The Balaban J connectivity index is 2.19. The fourth-order valence-electron chi connectivity index (χ4n) is 1.71. The molecule has 3 aromatic rings. The zero-order valence-electron chi connectivity index (χ0n) is 9.44. The molecule has 3 heterocycles. The molecule has 0 aliphatic rings. The van der Waals surface area contributed by atoms with Gasteiger partial charge in [-0.05, 0) is 45.9 Å². The summed E-state index contributed by atoms with van der Waals surface area (Å²) in [7, 11) is 0. The van der Waals surface area contributed by atoms with Crippen molar-refractivity contribution >= 4 is 44.5 Å². The summed E-state index contributed by atoms with van der Waals surface area (Å²) in [6, 6.07) is 6.10. The molecule has 0 atom stereocenters. The Labute approximate surface area is 120 Å². The van der Waals surface area contributed by atoms with E-state index in [1.54, 1.807) is 22.7 Å². The number of nitrogen functional groups attached to an aromatic ring is 1. The van der Waals surface area contributed by atoms with Crippen LogP contribution in [0, 0.1) is 6.92 Å². The van der Waals surface area contributed by atoms with Crippen LogP contribution in [-0.4, -0.2) is 5.16 Å². The molecule has 0 fully saturated rings. The minimum absolute atomic E-state index is 0.370. The quantitative estimate of drug-likeness (QED) is 0.729. The zero-order chi connectivity index (χ0) is 12.7. The number of hydrogen-bond acceptors (Lipinski definition) is 5. The molecule has 0 saturated heterocycles. The number of hydrogen-bond donors (Lipinski definition) is 1. The van der Waals surface area contributed by atoms with Crippen LogP contribution in [0.3, 0.4) is 0 Å². The van der Waals surface area contributed by atoms with Gasteiger partial charge in [-0.2, -0.15) is 0 Å². The largest absolute Gasteiger partial charge is 0.367 e. The first kappa shape index (κ1) is 12.0. The molecule has 3 nitrogen and oxygen atoms in total. The number of rotatable bonds is 2. The van der Waals surface area contributed by atoms with Gasteiger partial charge in [-0.3, -0.25) is 0 Å². The molecule has 0 unspecified atom stereocenters. The molecular formula is C12H9BrN2OS2. The van der Waals surface area contributed by atoms with E-state index in [4.69, 9.17) is 10.3 Å². The lowest BCUT2D eigenvalue weighted by atomic mass is 10.1. The molecule has 0 aliphatic heterocycles. The minimum atomic E-state index is 0.370. The van der Waals surface area contributed by atoms with Crippen molar-refractivity contribution in [2.24, 2.45) is 0 Å². The fourth-order valence-corrected chi connectivity index (χ4v) is 4.00. The number of aromatic nitrogens is 1. The van der Waals surface area contributed by atoms with Crippen molar-refractivity contribution in [2.75, 3.05) is 5.73 Å². The summed E-state index contributed by atoms with van der Waals surface area (Å²) < 4.78 is 6.26. The average Bonchev–Trinajstić information content (AvgIpc) is 3.01. The van der Waals surface area contributed by atoms with Crippen molar-refractivity contribution in [1.82, 2.24) is 5.16 Å². The second-order valence-corrected chi connectivity index (χ2v) is 7.13. The normalized spacial score (nSPS) is 11.0. The van der Waals surface area contributed by atoms with Gasteiger partial charge in [0.2, 0.25) is 5.88 Å². The van der Waals surface area contributed by atoms with E-state index < -0.39 is 0 Å². The molecule has 0 bridgehead atoms. The van der Waals surface area contributed by atoms with E-state index in [0.717, 1.165) is 24.8 Å². The summed E-state index contributed by atoms with van der Waals surface area (Å²) in [5.41, 5.74) is 8.78. The number of aryl methyl sites for hydroxylation is 1. The Bertz CT molecular complexity index is 666. The topological polar surface area (TPSA) is 52.0 Å². The maximum absolute atomic E-state index is 5.89. The SMILES string of the molecule is Cc1cc(-c2noc(N)c2-c2cccs2)sc1Br. The number of thiophene rings is 2. The number of nitrogens with two attached hydrogens (primary N) is 1. The summed E-state index contributed by atoms with van der Waals surface area (Å²) in [6.07, 6.45) is 0. The molecule has 3 aromatic heterocycles. The lowest BCUT2D eigenvalue weighted by Gasteiger charge is -1.96. The van der Waals surface area contributed by atoms with Gasteiger partial charge < -0.3 is 10.3 Å². The van der Waals surface area contributed by atoms with E-state index >= 15 is 0 Å². The summed E-state index contributed by atoms with van der Waals surface area (Å²) >= 11 is 6.79. The third-order valence-electron chi connectivity index (χ3n) is 2.58. The number of halogens is 1. The van der Waals surface area contributed by atoms with Crippen LogP contribution < -0.4 is 5.73 Å². The lowest BCUT2D eigenvalue weighted by Crippen LogP contribution is -1.84. The van der Waals surface area contributed by atoms with E-state index in [-0.39, 0.29) is 0 Å². The predicted molar refractivity (Wildman–Crippen MR) is 80.0 cm³/mol. The number of anilines is 1. The maximum atomic E-state index is 5.89.